The molecule has 16 heavy (non-hydrogen) atoms. The van der Waals surface area contributed by atoms with Gasteiger partial charge in [0.1, 0.15) is 18.7 Å². The molecule has 0 aliphatic carbocycles. The van der Waals surface area contributed by atoms with Gasteiger partial charge in [0.2, 0.25) is 0 Å². The van der Waals surface area contributed by atoms with Crippen LogP contribution >= 0.6 is 27.5 Å². The van der Waals surface area contributed by atoms with Gasteiger partial charge in [-0.25, -0.2) is 4.98 Å². The van der Waals surface area contributed by atoms with Gasteiger partial charge in [0.05, 0.1) is 5.02 Å². The third-order valence-electron chi connectivity index (χ3n) is 2.06. The highest BCUT2D eigenvalue weighted by Crippen LogP contribution is 2.28. The molecule has 0 unspecified atom stereocenters. The van der Waals surface area contributed by atoms with Crippen molar-refractivity contribution in [1.82, 2.24) is 14.8 Å². The second-order valence-electron chi connectivity index (χ2n) is 3.16. The second-order valence-corrected chi connectivity index (χ2v) is 4.49. The Morgan fingerprint density at radius 2 is 2.31 bits per heavy atom. The highest BCUT2D eigenvalue weighted by molar-refractivity contribution is 9.10. The average molecular weight is 303 g/mol. The number of ether oxygens (including phenoxy) is 1. The van der Waals surface area contributed by atoms with Crippen LogP contribution in [-0.4, -0.2) is 14.8 Å². The molecule has 0 N–H and O–H groups in total. The topological polar surface area (TPSA) is 39.9 Å². The third kappa shape index (κ3) is 2.54. The molecule has 0 amide bonds. The largest absolute Gasteiger partial charge is 0.484 e. The average Bonchev–Trinajstić information content (AvgIpc) is 2.66. The summed E-state index contributed by atoms with van der Waals surface area (Å²) in [5.74, 6) is 1.37. The van der Waals surface area contributed by atoms with E-state index in [2.05, 4.69) is 26.0 Å². The van der Waals surface area contributed by atoms with Gasteiger partial charge in [0, 0.05) is 11.5 Å². The van der Waals surface area contributed by atoms with E-state index in [4.69, 9.17) is 16.3 Å². The van der Waals surface area contributed by atoms with Gasteiger partial charge in [-0.3, -0.25) is 4.68 Å². The van der Waals surface area contributed by atoms with Gasteiger partial charge in [-0.1, -0.05) is 27.5 Å². The van der Waals surface area contributed by atoms with Crippen molar-refractivity contribution < 1.29 is 4.74 Å². The molecule has 0 spiro atoms. The van der Waals surface area contributed by atoms with Crippen molar-refractivity contribution in [3.63, 3.8) is 0 Å². The van der Waals surface area contributed by atoms with Gasteiger partial charge in [0.25, 0.3) is 0 Å². The van der Waals surface area contributed by atoms with Crippen molar-refractivity contribution in [3.05, 3.63) is 39.8 Å². The van der Waals surface area contributed by atoms with Gasteiger partial charge in [-0.2, -0.15) is 5.10 Å². The van der Waals surface area contributed by atoms with E-state index in [0.717, 1.165) is 10.3 Å². The van der Waals surface area contributed by atoms with Gasteiger partial charge in [0.15, 0.2) is 5.82 Å². The standard InChI is InChI=1S/C10H9BrClN3O/c1-15-10(13-6-14-15)5-16-9-4-7(11)2-3-8(9)12/h2-4,6H,5H2,1H3. The van der Waals surface area contributed by atoms with Crippen molar-refractivity contribution in [2.75, 3.05) is 0 Å². The van der Waals surface area contributed by atoms with Crippen molar-refractivity contribution in [2.45, 2.75) is 6.61 Å². The molecule has 0 fully saturated rings. The van der Waals surface area contributed by atoms with Crippen LogP contribution in [0.15, 0.2) is 29.0 Å². The fraction of sp³-hybridized carbons (Fsp3) is 0.200. The third-order valence-corrected chi connectivity index (χ3v) is 2.86. The molecule has 0 saturated carbocycles. The number of benzene rings is 1. The summed E-state index contributed by atoms with van der Waals surface area (Å²) in [5.41, 5.74) is 0. The lowest BCUT2D eigenvalue weighted by Crippen LogP contribution is -2.04. The highest BCUT2D eigenvalue weighted by atomic mass is 79.9. The number of rotatable bonds is 3. The Morgan fingerprint density at radius 1 is 1.50 bits per heavy atom. The molecule has 1 aromatic carbocycles. The minimum atomic E-state index is 0.340. The Kier molecular flexibility index (Phi) is 3.46. The van der Waals surface area contributed by atoms with Crippen LogP contribution in [0.3, 0.4) is 0 Å². The SMILES string of the molecule is Cn1ncnc1COc1cc(Br)ccc1Cl. The number of hydrogen-bond acceptors (Lipinski definition) is 3. The summed E-state index contributed by atoms with van der Waals surface area (Å²) in [5, 5.41) is 4.53. The molecule has 0 bridgehead atoms. The van der Waals surface area contributed by atoms with Crippen molar-refractivity contribution >= 4 is 27.5 Å². The predicted molar refractivity (Wildman–Crippen MR) is 64.5 cm³/mol. The monoisotopic (exact) mass is 301 g/mol. The first-order valence-corrected chi connectivity index (χ1v) is 5.74. The molecular weight excluding hydrogens is 293 g/mol. The van der Waals surface area contributed by atoms with Gasteiger partial charge < -0.3 is 4.74 Å². The molecule has 0 aliphatic rings. The first kappa shape index (κ1) is 11.4. The van der Waals surface area contributed by atoms with Crippen molar-refractivity contribution in [1.29, 1.82) is 0 Å². The molecule has 0 radical (unpaired) electrons. The highest BCUT2D eigenvalue weighted by Gasteiger charge is 2.05. The molecule has 2 aromatic rings. The van der Waals surface area contributed by atoms with E-state index in [0.29, 0.717) is 17.4 Å². The van der Waals surface area contributed by atoms with E-state index in [-0.39, 0.29) is 0 Å². The van der Waals surface area contributed by atoms with Gasteiger partial charge >= 0.3 is 0 Å². The fourth-order valence-electron chi connectivity index (χ4n) is 1.18. The summed E-state index contributed by atoms with van der Waals surface area (Å²) < 4.78 is 8.14. The minimum Gasteiger partial charge on any atom is -0.484 e. The number of hydrogen-bond donors (Lipinski definition) is 0. The van der Waals surface area contributed by atoms with Crippen LogP contribution in [0.4, 0.5) is 0 Å². The molecule has 0 aliphatic heterocycles. The maximum atomic E-state index is 5.99. The second kappa shape index (κ2) is 4.84. The first-order chi connectivity index (χ1) is 7.66. The summed E-state index contributed by atoms with van der Waals surface area (Å²) in [6.07, 6.45) is 1.49. The number of aryl methyl sites for hydroxylation is 1. The van der Waals surface area contributed by atoms with E-state index in [1.165, 1.54) is 6.33 Å². The number of aromatic nitrogens is 3. The first-order valence-electron chi connectivity index (χ1n) is 4.57. The molecule has 0 saturated heterocycles. The van der Waals surface area contributed by atoms with Crippen LogP contribution in [-0.2, 0) is 13.7 Å². The molecule has 84 valence electrons. The normalized spacial score (nSPS) is 10.4. The van der Waals surface area contributed by atoms with Crippen LogP contribution in [0.2, 0.25) is 5.02 Å². The molecule has 0 atom stereocenters. The Bertz CT molecular complexity index is 501. The van der Waals surface area contributed by atoms with Gasteiger partial charge in [-0.15, -0.1) is 0 Å². The zero-order valence-corrected chi connectivity index (χ0v) is 10.9. The Labute approximate surface area is 106 Å². The lowest BCUT2D eigenvalue weighted by molar-refractivity contribution is 0.290. The van der Waals surface area contributed by atoms with E-state index < -0.39 is 0 Å². The van der Waals surface area contributed by atoms with E-state index in [9.17, 15) is 0 Å². The summed E-state index contributed by atoms with van der Waals surface area (Å²) in [4.78, 5) is 4.05. The predicted octanol–water partition coefficient (Wildman–Crippen LogP) is 2.81. The van der Waals surface area contributed by atoms with Crippen LogP contribution in [0.25, 0.3) is 0 Å². The van der Waals surface area contributed by atoms with Crippen LogP contribution in [0.1, 0.15) is 5.82 Å². The van der Waals surface area contributed by atoms with E-state index >= 15 is 0 Å². The zero-order chi connectivity index (χ0) is 11.5. The lowest BCUT2D eigenvalue weighted by atomic mass is 10.3. The molecule has 1 heterocycles. The quantitative estimate of drug-likeness (QED) is 0.875. The summed E-state index contributed by atoms with van der Waals surface area (Å²) in [7, 11) is 1.81. The summed E-state index contributed by atoms with van der Waals surface area (Å²) in [6.45, 7) is 0.340. The lowest BCUT2D eigenvalue weighted by Gasteiger charge is -2.07. The molecular formula is C10H9BrClN3O. The fourth-order valence-corrected chi connectivity index (χ4v) is 1.69. The van der Waals surface area contributed by atoms with Crippen molar-refractivity contribution in [3.8, 4) is 5.75 Å². The smallest absolute Gasteiger partial charge is 0.164 e. The zero-order valence-electron chi connectivity index (χ0n) is 8.52. The van der Waals surface area contributed by atoms with E-state index in [1.807, 2.05) is 19.2 Å². The number of nitrogens with zero attached hydrogens (tertiary/aromatic N) is 3. The molecule has 6 heteroatoms. The molecule has 4 nitrogen and oxygen atoms in total. The van der Waals surface area contributed by atoms with Crippen LogP contribution in [0.5, 0.6) is 5.75 Å². The van der Waals surface area contributed by atoms with Crippen molar-refractivity contribution in [2.24, 2.45) is 7.05 Å². The molecule has 2 rings (SSSR count). The van der Waals surface area contributed by atoms with Crippen LogP contribution < -0.4 is 4.74 Å². The van der Waals surface area contributed by atoms with Gasteiger partial charge in [-0.05, 0) is 18.2 Å². The maximum absolute atomic E-state index is 5.99. The maximum Gasteiger partial charge on any atom is 0.164 e. The Balaban J connectivity index is 2.10. The summed E-state index contributed by atoms with van der Waals surface area (Å²) in [6, 6.07) is 5.45. The minimum absolute atomic E-state index is 0.340. The summed E-state index contributed by atoms with van der Waals surface area (Å²) >= 11 is 9.35. The number of halogens is 2. The Morgan fingerprint density at radius 3 is 3.00 bits per heavy atom. The van der Waals surface area contributed by atoms with Crippen LogP contribution in [0, 0.1) is 0 Å². The Hall–Kier alpha value is -1.07. The molecule has 1 aromatic heterocycles. The van der Waals surface area contributed by atoms with E-state index in [1.54, 1.807) is 10.7 Å².